The topological polar surface area (TPSA) is 52.6 Å². The van der Waals surface area contributed by atoms with Gasteiger partial charge in [-0.15, -0.1) is 0 Å². The molecule has 98 valence electrons. The van der Waals surface area contributed by atoms with Crippen LogP contribution in [0.15, 0.2) is 24.3 Å². The maximum atomic E-state index is 12.0. The van der Waals surface area contributed by atoms with Gasteiger partial charge in [0.25, 0.3) is 0 Å². The summed E-state index contributed by atoms with van der Waals surface area (Å²) in [4.78, 5) is 22.7. The standard InChI is InChI=1S/C12H12F2O4/c1-2-17-11(16)7-10(15)8-4-3-5-9(6-8)18-12(13)14/h3-6,12H,2,7H2,1H3. The fourth-order valence-electron chi connectivity index (χ4n) is 1.29. The van der Waals surface area contributed by atoms with Gasteiger partial charge in [-0.05, 0) is 19.1 Å². The fourth-order valence-corrected chi connectivity index (χ4v) is 1.29. The highest BCUT2D eigenvalue weighted by Gasteiger charge is 2.14. The molecule has 0 spiro atoms. The van der Waals surface area contributed by atoms with Crippen molar-refractivity contribution in [2.45, 2.75) is 20.0 Å². The summed E-state index contributed by atoms with van der Waals surface area (Å²) >= 11 is 0. The number of hydrogen-bond acceptors (Lipinski definition) is 4. The quantitative estimate of drug-likeness (QED) is 0.446. The van der Waals surface area contributed by atoms with Gasteiger partial charge in [0.1, 0.15) is 12.2 Å². The van der Waals surface area contributed by atoms with Crippen LogP contribution in [0.5, 0.6) is 5.75 Å². The molecule has 18 heavy (non-hydrogen) atoms. The zero-order valence-corrected chi connectivity index (χ0v) is 9.69. The highest BCUT2D eigenvalue weighted by molar-refractivity contribution is 6.06. The van der Waals surface area contributed by atoms with Crippen molar-refractivity contribution in [2.24, 2.45) is 0 Å². The van der Waals surface area contributed by atoms with Gasteiger partial charge in [0, 0.05) is 5.56 Å². The highest BCUT2D eigenvalue weighted by atomic mass is 19.3. The third kappa shape index (κ3) is 4.48. The molecule has 0 heterocycles. The molecule has 0 aliphatic heterocycles. The van der Waals surface area contributed by atoms with Crippen molar-refractivity contribution in [2.75, 3.05) is 6.61 Å². The molecule has 0 saturated carbocycles. The summed E-state index contributed by atoms with van der Waals surface area (Å²) in [6.07, 6.45) is -0.425. The maximum Gasteiger partial charge on any atom is 0.387 e. The Kier molecular flexibility index (Phi) is 5.23. The van der Waals surface area contributed by atoms with E-state index in [9.17, 15) is 18.4 Å². The number of Topliss-reactive ketones (excluding diaryl/α,β-unsaturated/α-hetero) is 1. The van der Waals surface area contributed by atoms with E-state index in [0.29, 0.717) is 0 Å². The lowest BCUT2D eigenvalue weighted by Crippen LogP contribution is -2.11. The second-order valence-corrected chi connectivity index (χ2v) is 3.31. The first kappa shape index (κ1) is 14.1. The minimum absolute atomic E-state index is 0.125. The van der Waals surface area contributed by atoms with Crippen molar-refractivity contribution >= 4 is 11.8 Å². The average molecular weight is 258 g/mol. The van der Waals surface area contributed by atoms with Gasteiger partial charge in [-0.1, -0.05) is 12.1 Å². The van der Waals surface area contributed by atoms with E-state index in [1.54, 1.807) is 6.92 Å². The zero-order chi connectivity index (χ0) is 13.5. The van der Waals surface area contributed by atoms with E-state index in [2.05, 4.69) is 9.47 Å². The number of ether oxygens (including phenoxy) is 2. The van der Waals surface area contributed by atoms with E-state index in [-0.39, 0.29) is 17.9 Å². The maximum absolute atomic E-state index is 12.0. The van der Waals surface area contributed by atoms with Gasteiger partial charge in [-0.25, -0.2) is 0 Å². The molecule has 6 heteroatoms. The van der Waals surface area contributed by atoms with Gasteiger partial charge in [0.05, 0.1) is 6.61 Å². The predicted molar refractivity (Wildman–Crippen MR) is 58.7 cm³/mol. The molecule has 1 aromatic carbocycles. The van der Waals surface area contributed by atoms with Crippen LogP contribution < -0.4 is 4.74 Å². The Morgan fingerprint density at radius 1 is 1.33 bits per heavy atom. The van der Waals surface area contributed by atoms with Gasteiger partial charge in [-0.3, -0.25) is 9.59 Å². The molecule has 0 amide bonds. The van der Waals surface area contributed by atoms with Gasteiger partial charge in [-0.2, -0.15) is 8.78 Å². The summed E-state index contributed by atoms with van der Waals surface area (Å²) in [6, 6.07) is 5.27. The van der Waals surface area contributed by atoms with Crippen molar-refractivity contribution in [1.82, 2.24) is 0 Å². The van der Waals surface area contributed by atoms with E-state index in [1.807, 2.05) is 0 Å². The van der Waals surface area contributed by atoms with Crippen LogP contribution >= 0.6 is 0 Å². The lowest BCUT2D eigenvalue weighted by atomic mass is 10.1. The summed E-state index contributed by atoms with van der Waals surface area (Å²) in [7, 11) is 0. The molecule has 1 rings (SSSR count). The monoisotopic (exact) mass is 258 g/mol. The average Bonchev–Trinajstić information content (AvgIpc) is 2.28. The van der Waals surface area contributed by atoms with Crippen LogP contribution in [-0.4, -0.2) is 25.0 Å². The van der Waals surface area contributed by atoms with Crippen molar-refractivity contribution in [3.63, 3.8) is 0 Å². The molecule has 1 aromatic rings. The first-order valence-corrected chi connectivity index (χ1v) is 5.26. The zero-order valence-electron chi connectivity index (χ0n) is 9.69. The van der Waals surface area contributed by atoms with Crippen molar-refractivity contribution in [3.05, 3.63) is 29.8 Å². The number of benzene rings is 1. The van der Waals surface area contributed by atoms with Crippen molar-refractivity contribution in [1.29, 1.82) is 0 Å². The third-order valence-corrected chi connectivity index (χ3v) is 1.99. The number of ketones is 1. The summed E-state index contributed by atoms with van der Waals surface area (Å²) in [5.74, 6) is -1.28. The number of carbonyl (C=O) groups excluding carboxylic acids is 2. The minimum Gasteiger partial charge on any atom is -0.466 e. The lowest BCUT2D eigenvalue weighted by Gasteiger charge is -2.06. The van der Waals surface area contributed by atoms with Gasteiger partial charge in [0.2, 0.25) is 0 Å². The number of alkyl halides is 2. The summed E-state index contributed by atoms with van der Waals surface area (Å²) in [5, 5.41) is 0. The Bertz CT molecular complexity index is 432. The molecular formula is C12H12F2O4. The molecule has 4 nitrogen and oxygen atoms in total. The normalized spacial score (nSPS) is 10.2. The molecule has 0 saturated heterocycles. The molecule has 0 aromatic heterocycles. The molecule has 0 N–H and O–H groups in total. The van der Waals surface area contributed by atoms with Gasteiger partial charge < -0.3 is 9.47 Å². The third-order valence-electron chi connectivity index (χ3n) is 1.99. The smallest absolute Gasteiger partial charge is 0.387 e. The molecule has 0 bridgehead atoms. The summed E-state index contributed by atoms with van der Waals surface area (Å²) in [5.41, 5.74) is 0.126. The first-order valence-electron chi connectivity index (χ1n) is 5.26. The van der Waals surface area contributed by atoms with E-state index >= 15 is 0 Å². The second-order valence-electron chi connectivity index (χ2n) is 3.31. The summed E-state index contributed by atoms with van der Waals surface area (Å²) < 4.78 is 32.7. The Hall–Kier alpha value is -1.98. The van der Waals surface area contributed by atoms with Crippen molar-refractivity contribution < 1.29 is 27.8 Å². The number of hydrogen-bond donors (Lipinski definition) is 0. The lowest BCUT2D eigenvalue weighted by molar-refractivity contribution is -0.141. The number of esters is 1. The van der Waals surface area contributed by atoms with E-state index in [1.165, 1.54) is 18.2 Å². The molecule has 0 fully saturated rings. The van der Waals surface area contributed by atoms with E-state index in [0.717, 1.165) is 6.07 Å². The van der Waals surface area contributed by atoms with Crippen LogP contribution in [0.1, 0.15) is 23.7 Å². The second kappa shape index (κ2) is 6.68. The fraction of sp³-hybridized carbons (Fsp3) is 0.333. The molecule has 0 radical (unpaired) electrons. The molecule has 0 aliphatic rings. The number of carbonyl (C=O) groups is 2. The molecule has 0 aliphatic carbocycles. The number of rotatable bonds is 6. The Morgan fingerprint density at radius 2 is 2.06 bits per heavy atom. The molecular weight excluding hydrogens is 246 g/mol. The van der Waals surface area contributed by atoms with Crippen LogP contribution in [-0.2, 0) is 9.53 Å². The Balaban J connectivity index is 2.71. The summed E-state index contributed by atoms with van der Waals surface area (Å²) in [6.45, 7) is -1.15. The van der Waals surface area contributed by atoms with Gasteiger partial charge >= 0.3 is 12.6 Å². The van der Waals surface area contributed by atoms with Crippen LogP contribution in [0.2, 0.25) is 0 Å². The SMILES string of the molecule is CCOC(=O)CC(=O)c1cccc(OC(F)F)c1. The van der Waals surface area contributed by atoms with Crippen molar-refractivity contribution in [3.8, 4) is 5.75 Å². The Morgan fingerprint density at radius 3 is 2.67 bits per heavy atom. The molecule has 0 atom stereocenters. The van der Waals surface area contributed by atoms with Crippen LogP contribution in [0.3, 0.4) is 0 Å². The van der Waals surface area contributed by atoms with Crippen LogP contribution in [0.25, 0.3) is 0 Å². The number of halogens is 2. The van der Waals surface area contributed by atoms with E-state index < -0.39 is 24.8 Å². The molecule has 0 unspecified atom stereocenters. The van der Waals surface area contributed by atoms with Crippen LogP contribution in [0.4, 0.5) is 8.78 Å². The van der Waals surface area contributed by atoms with E-state index in [4.69, 9.17) is 0 Å². The first-order chi connectivity index (χ1) is 8.52. The van der Waals surface area contributed by atoms with Gasteiger partial charge in [0.15, 0.2) is 5.78 Å². The Labute approximate surface area is 103 Å². The largest absolute Gasteiger partial charge is 0.466 e. The van der Waals surface area contributed by atoms with Crippen LogP contribution in [0, 0.1) is 0 Å². The minimum atomic E-state index is -2.96. The highest BCUT2D eigenvalue weighted by Crippen LogP contribution is 2.17. The predicted octanol–water partition coefficient (Wildman–Crippen LogP) is 2.42.